The largest absolute Gasteiger partial charge is 0.289 e. The van der Waals surface area contributed by atoms with Crippen LogP contribution in [-0.2, 0) is 5.41 Å². The third-order valence-corrected chi connectivity index (χ3v) is 4.63. The third-order valence-electron chi connectivity index (χ3n) is 2.84. The molecule has 0 aliphatic heterocycles. The van der Waals surface area contributed by atoms with Crippen LogP contribution in [0.5, 0.6) is 0 Å². The van der Waals surface area contributed by atoms with E-state index in [1.807, 2.05) is 35.7 Å². The Kier molecular flexibility index (Phi) is 3.92. The predicted octanol–water partition coefficient (Wildman–Crippen LogP) is 4.88. The second kappa shape index (κ2) is 5.13. The van der Waals surface area contributed by atoms with Crippen molar-refractivity contribution in [2.45, 2.75) is 26.2 Å². The van der Waals surface area contributed by atoms with Gasteiger partial charge in [0.05, 0.1) is 2.88 Å². The first kappa shape index (κ1) is 13.7. The SMILES string of the molecule is CC(C)(C)c1ccc(C(=O)c2csc(I)c2)cc1. The Hall–Kier alpha value is -0.680. The van der Waals surface area contributed by atoms with Gasteiger partial charge in [-0.2, -0.15) is 0 Å². The fourth-order valence-corrected chi connectivity index (χ4v) is 3.04. The first-order valence-electron chi connectivity index (χ1n) is 5.77. The second-order valence-corrected chi connectivity index (χ2v) is 8.10. The van der Waals surface area contributed by atoms with Crippen LogP contribution in [-0.4, -0.2) is 5.78 Å². The van der Waals surface area contributed by atoms with E-state index in [-0.39, 0.29) is 11.2 Å². The van der Waals surface area contributed by atoms with E-state index >= 15 is 0 Å². The predicted molar refractivity (Wildman–Crippen MR) is 85.6 cm³/mol. The molecule has 3 heteroatoms. The van der Waals surface area contributed by atoms with Crippen LogP contribution in [0, 0.1) is 2.88 Å². The van der Waals surface area contributed by atoms with E-state index in [1.165, 1.54) is 5.56 Å². The first-order valence-corrected chi connectivity index (χ1v) is 7.73. The lowest BCUT2D eigenvalue weighted by atomic mass is 9.86. The summed E-state index contributed by atoms with van der Waals surface area (Å²) >= 11 is 3.84. The molecule has 94 valence electrons. The minimum absolute atomic E-state index is 0.106. The Morgan fingerprint density at radius 3 is 2.17 bits per heavy atom. The number of carbonyl (C=O) groups is 1. The monoisotopic (exact) mass is 370 g/mol. The molecule has 2 rings (SSSR count). The molecule has 0 atom stereocenters. The summed E-state index contributed by atoms with van der Waals surface area (Å²) in [6.45, 7) is 6.52. The van der Waals surface area contributed by atoms with Gasteiger partial charge in [0.1, 0.15) is 0 Å². The summed E-state index contributed by atoms with van der Waals surface area (Å²) in [6, 6.07) is 9.88. The van der Waals surface area contributed by atoms with Crippen molar-refractivity contribution in [3.8, 4) is 0 Å². The van der Waals surface area contributed by atoms with Gasteiger partial charge in [0.25, 0.3) is 0 Å². The summed E-state index contributed by atoms with van der Waals surface area (Å²) in [5, 5.41) is 1.92. The minimum atomic E-state index is 0.106. The Balaban J connectivity index is 2.28. The maximum absolute atomic E-state index is 12.2. The molecule has 0 fully saturated rings. The Labute approximate surface area is 125 Å². The maximum Gasteiger partial charge on any atom is 0.193 e. The fraction of sp³-hybridized carbons (Fsp3) is 0.267. The highest BCUT2D eigenvalue weighted by molar-refractivity contribution is 14.1. The van der Waals surface area contributed by atoms with E-state index in [9.17, 15) is 4.79 Å². The van der Waals surface area contributed by atoms with Gasteiger partial charge >= 0.3 is 0 Å². The highest BCUT2D eigenvalue weighted by Gasteiger charge is 2.15. The molecule has 0 N–H and O–H groups in total. The molecule has 0 unspecified atom stereocenters. The molecule has 0 saturated carbocycles. The van der Waals surface area contributed by atoms with Crippen molar-refractivity contribution in [3.63, 3.8) is 0 Å². The highest BCUT2D eigenvalue weighted by atomic mass is 127. The zero-order chi connectivity index (χ0) is 13.3. The molecule has 18 heavy (non-hydrogen) atoms. The Morgan fingerprint density at radius 1 is 1.11 bits per heavy atom. The fourth-order valence-electron chi connectivity index (χ4n) is 1.72. The van der Waals surface area contributed by atoms with Gasteiger partial charge in [0.2, 0.25) is 0 Å². The molecule has 0 amide bonds. The maximum atomic E-state index is 12.2. The quantitative estimate of drug-likeness (QED) is 0.544. The lowest BCUT2D eigenvalue weighted by Gasteiger charge is -2.18. The van der Waals surface area contributed by atoms with Gasteiger partial charge in [-0.1, -0.05) is 45.0 Å². The summed E-state index contributed by atoms with van der Waals surface area (Å²) in [5.41, 5.74) is 2.92. The van der Waals surface area contributed by atoms with E-state index in [0.717, 1.165) is 14.0 Å². The van der Waals surface area contributed by atoms with Crippen LogP contribution >= 0.6 is 33.9 Å². The van der Waals surface area contributed by atoms with Crippen molar-refractivity contribution in [1.82, 2.24) is 0 Å². The number of hydrogen-bond acceptors (Lipinski definition) is 2. The zero-order valence-electron chi connectivity index (χ0n) is 10.7. The molecule has 0 bridgehead atoms. The number of rotatable bonds is 2. The number of hydrogen-bond donors (Lipinski definition) is 0. The molecule has 2 aromatic rings. The molecule has 1 aromatic carbocycles. The van der Waals surface area contributed by atoms with Crippen LogP contribution in [0.3, 0.4) is 0 Å². The molecule has 0 radical (unpaired) electrons. The summed E-state index contributed by atoms with van der Waals surface area (Å²) in [6.07, 6.45) is 0. The number of carbonyl (C=O) groups excluding carboxylic acids is 1. The second-order valence-electron chi connectivity index (χ2n) is 5.30. The number of ketones is 1. The van der Waals surface area contributed by atoms with E-state index < -0.39 is 0 Å². The van der Waals surface area contributed by atoms with Crippen molar-refractivity contribution >= 4 is 39.7 Å². The van der Waals surface area contributed by atoms with Gasteiger partial charge < -0.3 is 0 Å². The average Bonchev–Trinajstić information content (AvgIpc) is 2.74. The van der Waals surface area contributed by atoms with Crippen LogP contribution in [0.1, 0.15) is 42.3 Å². The van der Waals surface area contributed by atoms with Crippen molar-refractivity contribution in [3.05, 3.63) is 55.3 Å². The van der Waals surface area contributed by atoms with Gasteiger partial charge in [0.15, 0.2) is 5.78 Å². The number of halogens is 1. The molecule has 1 heterocycles. The Morgan fingerprint density at radius 2 is 1.72 bits per heavy atom. The van der Waals surface area contributed by atoms with Gasteiger partial charge in [-0.15, -0.1) is 11.3 Å². The normalized spacial score (nSPS) is 11.6. The summed E-state index contributed by atoms with van der Waals surface area (Å²) < 4.78 is 1.14. The minimum Gasteiger partial charge on any atom is -0.289 e. The topological polar surface area (TPSA) is 17.1 Å². The number of benzene rings is 1. The van der Waals surface area contributed by atoms with E-state index in [4.69, 9.17) is 0 Å². The molecule has 0 spiro atoms. The van der Waals surface area contributed by atoms with E-state index in [2.05, 4.69) is 43.4 Å². The van der Waals surface area contributed by atoms with Crippen LogP contribution in [0.25, 0.3) is 0 Å². The van der Waals surface area contributed by atoms with Crippen LogP contribution in [0.15, 0.2) is 35.7 Å². The summed E-state index contributed by atoms with van der Waals surface area (Å²) in [5.74, 6) is 0.106. The molecule has 0 saturated heterocycles. The first-order chi connectivity index (χ1) is 8.38. The molecule has 1 aromatic heterocycles. The van der Waals surface area contributed by atoms with Crippen LogP contribution in [0.2, 0.25) is 0 Å². The Bertz CT molecular complexity index is 561. The van der Waals surface area contributed by atoms with Crippen molar-refractivity contribution in [2.75, 3.05) is 0 Å². The number of thiophene rings is 1. The smallest absolute Gasteiger partial charge is 0.193 e. The summed E-state index contributed by atoms with van der Waals surface area (Å²) in [7, 11) is 0. The van der Waals surface area contributed by atoms with Crippen LogP contribution < -0.4 is 0 Å². The molecular formula is C15H15IOS. The van der Waals surface area contributed by atoms with Crippen molar-refractivity contribution in [1.29, 1.82) is 0 Å². The van der Waals surface area contributed by atoms with Gasteiger partial charge in [0, 0.05) is 16.5 Å². The van der Waals surface area contributed by atoms with Gasteiger partial charge in [-0.3, -0.25) is 4.79 Å². The molecule has 0 aliphatic rings. The van der Waals surface area contributed by atoms with Gasteiger partial charge in [-0.25, -0.2) is 0 Å². The lowest BCUT2D eigenvalue weighted by Crippen LogP contribution is -2.11. The molecular weight excluding hydrogens is 355 g/mol. The van der Waals surface area contributed by atoms with E-state index in [0.29, 0.717) is 0 Å². The third kappa shape index (κ3) is 3.01. The van der Waals surface area contributed by atoms with E-state index in [1.54, 1.807) is 11.3 Å². The highest BCUT2D eigenvalue weighted by Crippen LogP contribution is 2.24. The standard InChI is InChI=1S/C15H15IOS/c1-15(2,3)12-6-4-10(5-7-12)14(17)11-8-13(16)18-9-11/h4-9H,1-3H3. The van der Waals surface area contributed by atoms with Crippen molar-refractivity contribution in [2.24, 2.45) is 0 Å². The van der Waals surface area contributed by atoms with Crippen LogP contribution in [0.4, 0.5) is 0 Å². The zero-order valence-corrected chi connectivity index (χ0v) is 13.6. The molecule has 1 nitrogen and oxygen atoms in total. The molecule has 0 aliphatic carbocycles. The van der Waals surface area contributed by atoms with Gasteiger partial charge in [-0.05, 0) is 39.6 Å². The average molecular weight is 370 g/mol. The summed E-state index contributed by atoms with van der Waals surface area (Å²) in [4.78, 5) is 12.2. The lowest BCUT2D eigenvalue weighted by molar-refractivity contribution is 0.103. The van der Waals surface area contributed by atoms with Crippen molar-refractivity contribution < 1.29 is 4.79 Å².